The van der Waals surface area contributed by atoms with Crippen LogP contribution in [0.3, 0.4) is 0 Å². The van der Waals surface area contributed by atoms with E-state index in [9.17, 15) is 4.79 Å². The number of carbonyl (C=O) groups excluding carboxylic acids is 1. The quantitative estimate of drug-likeness (QED) is 0.681. The Morgan fingerprint density at radius 3 is 2.70 bits per heavy atom. The van der Waals surface area contributed by atoms with E-state index in [1.165, 1.54) is 17.7 Å². The second-order valence-corrected chi connectivity index (χ2v) is 12.5. The Kier molecular flexibility index (Phi) is 6.38. The molecule has 0 aliphatic carbocycles. The summed E-state index contributed by atoms with van der Waals surface area (Å²) in [5.41, 5.74) is 0.244. The van der Waals surface area contributed by atoms with Gasteiger partial charge in [-0.2, -0.15) is 0 Å². The predicted octanol–water partition coefficient (Wildman–Crippen LogP) is 4.64. The molecule has 0 spiro atoms. The van der Waals surface area contributed by atoms with Crippen LogP contribution >= 0.6 is 11.8 Å². The molecule has 2 aliphatic rings. The number of nitrogens with zero attached hydrogens (tertiary/aromatic N) is 1. The maximum atomic E-state index is 13.0. The summed E-state index contributed by atoms with van der Waals surface area (Å²) in [6.07, 6.45) is 0.991. The minimum absolute atomic E-state index is 0.0622. The molecule has 2 heterocycles. The lowest BCUT2D eigenvalue weighted by Crippen LogP contribution is -2.55. The van der Waals surface area contributed by atoms with E-state index in [1.54, 1.807) is 0 Å². The zero-order chi connectivity index (χ0) is 19.7. The molecule has 0 radical (unpaired) electrons. The summed E-state index contributed by atoms with van der Waals surface area (Å²) in [6, 6.07) is 10.8. The molecule has 2 saturated heterocycles. The summed E-state index contributed by atoms with van der Waals surface area (Å²) in [6.45, 7) is 10.3. The highest BCUT2D eigenvalue weighted by Gasteiger charge is 2.54. The first kappa shape index (κ1) is 20.9. The van der Waals surface area contributed by atoms with E-state index in [0.29, 0.717) is 11.2 Å². The van der Waals surface area contributed by atoms with Crippen LogP contribution in [0.2, 0.25) is 0 Å². The van der Waals surface area contributed by atoms with Crippen molar-refractivity contribution in [2.45, 2.75) is 68.7 Å². The summed E-state index contributed by atoms with van der Waals surface area (Å²) in [4.78, 5) is 14.9. The number of amides is 1. The molecule has 3 rings (SSSR count). The zero-order valence-corrected chi connectivity index (χ0v) is 18.7. The van der Waals surface area contributed by atoms with Gasteiger partial charge in [0, 0.05) is 28.6 Å². The van der Waals surface area contributed by atoms with Crippen LogP contribution in [0.15, 0.2) is 30.3 Å². The third kappa shape index (κ3) is 5.15. The van der Waals surface area contributed by atoms with Crippen LogP contribution in [0.25, 0.3) is 0 Å². The molecule has 27 heavy (non-hydrogen) atoms. The molecule has 1 aromatic rings. The topological polar surface area (TPSA) is 38.8 Å². The molecule has 0 bridgehead atoms. The average molecular weight is 411 g/mol. The highest BCUT2D eigenvalue weighted by molar-refractivity contribution is 8.15. The average Bonchev–Trinajstić information content (AvgIpc) is 2.90. The molecular formula is C21H32NO3S2+. The lowest BCUT2D eigenvalue weighted by Gasteiger charge is -2.37. The Bertz CT molecular complexity index is 645. The Morgan fingerprint density at radius 1 is 1.33 bits per heavy atom. The highest BCUT2D eigenvalue weighted by Crippen LogP contribution is 2.40. The number of ether oxygens (including phenoxy) is 2. The van der Waals surface area contributed by atoms with Gasteiger partial charge >= 0.3 is 6.09 Å². The van der Waals surface area contributed by atoms with Gasteiger partial charge in [-0.05, 0) is 34.6 Å². The molecule has 3 atom stereocenters. The molecular weight excluding hydrogens is 378 g/mol. The summed E-state index contributed by atoms with van der Waals surface area (Å²) in [5.74, 6) is 3.46. The summed E-state index contributed by atoms with van der Waals surface area (Å²) in [7, 11) is 0.217. The van der Waals surface area contributed by atoms with E-state index in [4.69, 9.17) is 9.47 Å². The van der Waals surface area contributed by atoms with Crippen molar-refractivity contribution in [2.75, 3.05) is 18.1 Å². The third-order valence-corrected chi connectivity index (χ3v) is 9.66. The number of benzene rings is 1. The normalized spacial score (nSPS) is 28.2. The van der Waals surface area contributed by atoms with Crippen molar-refractivity contribution in [3.8, 4) is 0 Å². The minimum atomic E-state index is -0.632. The molecule has 150 valence electrons. The van der Waals surface area contributed by atoms with E-state index in [-0.39, 0.29) is 23.0 Å². The van der Waals surface area contributed by atoms with Gasteiger partial charge in [-0.15, -0.1) is 11.8 Å². The second-order valence-electron chi connectivity index (χ2n) is 8.64. The van der Waals surface area contributed by atoms with Gasteiger partial charge in [-0.25, -0.2) is 4.79 Å². The SMILES string of the molecule is CC(C)(C)OC(=O)N1C(C2SCCC[S+]2Cc2ccccc2)COC1(C)C. The lowest BCUT2D eigenvalue weighted by atomic mass is 10.2. The van der Waals surface area contributed by atoms with Crippen LogP contribution in [0.1, 0.15) is 46.6 Å². The maximum Gasteiger partial charge on any atom is 0.413 e. The van der Waals surface area contributed by atoms with Gasteiger partial charge in [0.05, 0.1) is 6.61 Å². The van der Waals surface area contributed by atoms with Crippen molar-refractivity contribution < 1.29 is 14.3 Å². The third-order valence-electron chi connectivity index (χ3n) is 4.78. The zero-order valence-electron chi connectivity index (χ0n) is 17.1. The van der Waals surface area contributed by atoms with Crippen LogP contribution < -0.4 is 0 Å². The van der Waals surface area contributed by atoms with Gasteiger partial charge < -0.3 is 9.47 Å². The van der Waals surface area contributed by atoms with Gasteiger partial charge in [0.2, 0.25) is 0 Å². The highest BCUT2D eigenvalue weighted by atomic mass is 32.2. The van der Waals surface area contributed by atoms with Crippen molar-refractivity contribution in [1.82, 2.24) is 4.90 Å². The number of hydrogen-bond donors (Lipinski definition) is 0. The molecule has 1 aromatic carbocycles. The second kappa shape index (κ2) is 8.26. The first-order valence-electron chi connectivity index (χ1n) is 9.65. The molecule has 2 fully saturated rings. The van der Waals surface area contributed by atoms with Crippen LogP contribution in [-0.2, 0) is 26.1 Å². The van der Waals surface area contributed by atoms with E-state index < -0.39 is 11.3 Å². The lowest BCUT2D eigenvalue weighted by molar-refractivity contribution is -0.0619. The van der Waals surface area contributed by atoms with E-state index >= 15 is 0 Å². The number of thioether (sulfide) groups is 1. The fourth-order valence-electron chi connectivity index (χ4n) is 3.63. The first-order valence-corrected chi connectivity index (χ1v) is 12.3. The summed E-state index contributed by atoms with van der Waals surface area (Å²) < 4.78 is 12.2. The predicted molar refractivity (Wildman–Crippen MR) is 115 cm³/mol. The molecule has 0 saturated carbocycles. The van der Waals surface area contributed by atoms with Gasteiger partial charge in [0.15, 0.2) is 4.58 Å². The molecule has 0 aromatic heterocycles. The Hall–Kier alpha value is -0.850. The van der Waals surface area contributed by atoms with Gasteiger partial charge in [-0.1, -0.05) is 30.3 Å². The number of hydrogen-bond acceptors (Lipinski definition) is 4. The Morgan fingerprint density at radius 2 is 2.04 bits per heavy atom. The van der Waals surface area contributed by atoms with Crippen LogP contribution in [0.4, 0.5) is 4.79 Å². The molecule has 0 N–H and O–H groups in total. The first-order chi connectivity index (χ1) is 12.7. The van der Waals surface area contributed by atoms with Crippen molar-refractivity contribution in [2.24, 2.45) is 0 Å². The van der Waals surface area contributed by atoms with Crippen molar-refractivity contribution in [1.29, 1.82) is 0 Å². The summed E-state index contributed by atoms with van der Waals surface area (Å²) in [5, 5.41) is 0. The fourth-order valence-corrected chi connectivity index (χ4v) is 8.65. The van der Waals surface area contributed by atoms with Crippen molar-refractivity contribution >= 4 is 28.8 Å². The van der Waals surface area contributed by atoms with Gasteiger partial charge in [-0.3, -0.25) is 4.90 Å². The van der Waals surface area contributed by atoms with Gasteiger partial charge in [0.1, 0.15) is 28.9 Å². The molecule has 4 nitrogen and oxygen atoms in total. The molecule has 3 unspecified atom stereocenters. The number of rotatable bonds is 3. The fraction of sp³-hybridized carbons (Fsp3) is 0.667. The van der Waals surface area contributed by atoms with Crippen LogP contribution in [0, 0.1) is 0 Å². The van der Waals surface area contributed by atoms with Crippen molar-refractivity contribution in [3.63, 3.8) is 0 Å². The minimum Gasteiger partial charge on any atom is -0.444 e. The van der Waals surface area contributed by atoms with E-state index in [0.717, 1.165) is 11.5 Å². The maximum absolute atomic E-state index is 13.0. The standard InChI is InChI=1S/C21H32NO3S2/c1-20(2,3)25-19(23)22-17(14-24-21(22,4)5)18-26-12-9-13-27(18)15-16-10-7-6-8-11-16/h6-8,10-11,17-18H,9,12-15H2,1-5H3/q+1. The molecule has 1 amide bonds. The largest absolute Gasteiger partial charge is 0.444 e. The van der Waals surface area contributed by atoms with Crippen LogP contribution in [-0.4, -0.2) is 51.1 Å². The van der Waals surface area contributed by atoms with Gasteiger partial charge in [0.25, 0.3) is 0 Å². The smallest absolute Gasteiger partial charge is 0.413 e. The Balaban J connectivity index is 1.81. The summed E-state index contributed by atoms with van der Waals surface area (Å²) >= 11 is 2.01. The number of carbonyl (C=O) groups is 1. The monoisotopic (exact) mass is 410 g/mol. The van der Waals surface area contributed by atoms with Crippen LogP contribution in [0.5, 0.6) is 0 Å². The molecule has 2 aliphatic heterocycles. The van der Waals surface area contributed by atoms with E-state index in [2.05, 4.69) is 30.3 Å². The van der Waals surface area contributed by atoms with E-state index in [1.807, 2.05) is 51.3 Å². The molecule has 6 heteroatoms. The van der Waals surface area contributed by atoms with Crippen molar-refractivity contribution in [3.05, 3.63) is 35.9 Å². The Labute approximate surface area is 170 Å².